The van der Waals surface area contributed by atoms with Gasteiger partial charge >= 0.3 is 0 Å². The molecule has 18 heavy (non-hydrogen) atoms. The van der Waals surface area contributed by atoms with Gasteiger partial charge in [0.2, 0.25) is 0 Å². The van der Waals surface area contributed by atoms with Crippen molar-refractivity contribution in [3.63, 3.8) is 0 Å². The molecule has 0 saturated carbocycles. The normalized spacial score (nSPS) is 10.8. The number of halogens is 1. The van der Waals surface area contributed by atoms with Crippen LogP contribution in [0.5, 0.6) is 0 Å². The number of rotatable bonds is 12. The quantitative estimate of drug-likeness (QED) is 0.288. The smallest absolute Gasteiger partial charge is 0.0973 e. The highest BCUT2D eigenvalue weighted by Gasteiger charge is 2.23. The number of hydrogen-bond donors (Lipinski definition) is 0. The topological polar surface area (TPSA) is 0 Å². The summed E-state index contributed by atoms with van der Waals surface area (Å²) in [5.74, 6) is 0. The molecular weight excluding hydrogens is 242 g/mol. The maximum absolute atomic E-state index is 3.93. The highest BCUT2D eigenvalue weighted by atomic mass is 35.5. The summed E-state index contributed by atoms with van der Waals surface area (Å²) >= 11 is 0. The highest BCUT2D eigenvalue weighted by molar-refractivity contribution is 4.72. The van der Waals surface area contributed by atoms with E-state index in [1.807, 2.05) is 0 Å². The highest BCUT2D eigenvalue weighted by Crippen LogP contribution is 2.14. The maximum Gasteiger partial charge on any atom is 0.0973 e. The van der Waals surface area contributed by atoms with E-state index >= 15 is 0 Å². The van der Waals surface area contributed by atoms with Crippen LogP contribution in [0.4, 0.5) is 0 Å². The molecule has 0 aliphatic rings. The van der Waals surface area contributed by atoms with E-state index in [9.17, 15) is 0 Å². The Morgan fingerprint density at radius 2 is 1.17 bits per heavy atom. The van der Waals surface area contributed by atoms with Crippen LogP contribution in [-0.2, 0) is 0 Å². The zero-order valence-corrected chi connectivity index (χ0v) is 13.2. The molecule has 0 atom stereocenters. The summed E-state index contributed by atoms with van der Waals surface area (Å²) in [6, 6.07) is 0. The average Bonchev–Trinajstić information content (AvgIpc) is 2.30. The molecule has 0 fully saturated rings. The van der Waals surface area contributed by atoms with Crippen molar-refractivity contribution in [2.45, 2.75) is 52.4 Å². The Morgan fingerprint density at radius 1 is 0.778 bits per heavy atom. The van der Waals surface area contributed by atoms with Gasteiger partial charge in [-0.1, -0.05) is 39.8 Å². The van der Waals surface area contributed by atoms with E-state index in [1.165, 1.54) is 56.1 Å². The van der Waals surface area contributed by atoms with Crippen LogP contribution in [0, 0.1) is 0 Å². The summed E-state index contributed by atoms with van der Waals surface area (Å²) in [6.07, 6.45) is 12.1. The van der Waals surface area contributed by atoms with Crippen molar-refractivity contribution < 1.29 is 16.9 Å². The van der Waals surface area contributed by atoms with Gasteiger partial charge in [0.25, 0.3) is 0 Å². The Bertz CT molecular complexity index is 179. The molecule has 0 aromatic carbocycles. The third kappa shape index (κ3) is 8.77. The maximum atomic E-state index is 3.93. The second-order valence-electron chi connectivity index (χ2n) is 5.15. The van der Waals surface area contributed by atoms with Crippen molar-refractivity contribution in [3.8, 4) is 0 Å². The van der Waals surface area contributed by atoms with Crippen molar-refractivity contribution in [2.24, 2.45) is 0 Å². The van der Waals surface area contributed by atoms with Gasteiger partial charge in [-0.25, -0.2) is 0 Å². The second-order valence-corrected chi connectivity index (χ2v) is 5.15. The monoisotopic (exact) mass is 273 g/mol. The molecule has 0 rings (SSSR count). The van der Waals surface area contributed by atoms with Crippen LogP contribution in [-0.4, -0.2) is 30.7 Å². The van der Waals surface area contributed by atoms with Gasteiger partial charge in [0.1, 0.15) is 0 Å². The predicted molar refractivity (Wildman–Crippen MR) is 79.2 cm³/mol. The number of quaternary nitrogens is 1. The van der Waals surface area contributed by atoms with Gasteiger partial charge in [0, 0.05) is 0 Å². The molecule has 0 amide bonds. The summed E-state index contributed by atoms with van der Waals surface area (Å²) < 4.78 is 1.17. The second kappa shape index (κ2) is 13.2. The largest absolute Gasteiger partial charge is 1.00 e. The van der Waals surface area contributed by atoms with Gasteiger partial charge in [-0.3, -0.25) is 0 Å². The summed E-state index contributed by atoms with van der Waals surface area (Å²) in [6.45, 7) is 17.2. The Labute approximate surface area is 121 Å². The number of nitrogens with zero attached hydrogens (tertiary/aromatic N) is 1. The summed E-state index contributed by atoms with van der Waals surface area (Å²) in [4.78, 5) is 0. The lowest BCUT2D eigenvalue weighted by Crippen LogP contribution is -3.00. The zero-order valence-electron chi connectivity index (χ0n) is 12.5. The van der Waals surface area contributed by atoms with Gasteiger partial charge in [-0.2, -0.15) is 0 Å². The predicted octanol–water partition coefficient (Wildman–Crippen LogP) is 1.56. The van der Waals surface area contributed by atoms with E-state index in [2.05, 4.69) is 39.2 Å². The fourth-order valence-electron chi connectivity index (χ4n) is 2.49. The number of hydrogen-bond acceptors (Lipinski definition) is 0. The van der Waals surface area contributed by atoms with Gasteiger partial charge in [0.15, 0.2) is 0 Å². The lowest BCUT2D eigenvalue weighted by molar-refractivity contribution is -0.917. The number of unbranched alkanes of at least 4 members (excludes halogenated alkanes) is 4. The van der Waals surface area contributed by atoms with E-state index in [4.69, 9.17) is 0 Å². The molecule has 0 unspecified atom stereocenters. The van der Waals surface area contributed by atoms with Crippen LogP contribution < -0.4 is 12.4 Å². The third-order valence-electron chi connectivity index (χ3n) is 3.50. The first-order valence-corrected chi connectivity index (χ1v) is 7.31. The van der Waals surface area contributed by atoms with Crippen molar-refractivity contribution in [1.29, 1.82) is 0 Å². The SMILES string of the molecule is C=CC[N+](CC=C)(CCCCC)CCCCC.[Cl-]. The van der Waals surface area contributed by atoms with E-state index in [-0.39, 0.29) is 12.4 Å². The van der Waals surface area contributed by atoms with Crippen molar-refractivity contribution >= 4 is 0 Å². The molecule has 0 N–H and O–H groups in total. The first kappa shape index (κ1) is 20.1. The standard InChI is InChI=1S/C16H32N.ClH/c1-5-9-11-15-17(13-7-3,14-8-4)16-12-10-6-2;/h7-8H,3-6,9-16H2,1-2H3;1H/q+1;/p-1. The minimum Gasteiger partial charge on any atom is -1.00 e. The molecule has 2 heteroatoms. The first-order valence-electron chi connectivity index (χ1n) is 7.31. The van der Waals surface area contributed by atoms with Gasteiger partial charge in [-0.05, 0) is 37.8 Å². The van der Waals surface area contributed by atoms with Gasteiger partial charge < -0.3 is 16.9 Å². The van der Waals surface area contributed by atoms with Crippen molar-refractivity contribution in [1.82, 2.24) is 0 Å². The molecule has 0 aromatic heterocycles. The molecule has 1 nitrogen and oxygen atoms in total. The fourth-order valence-corrected chi connectivity index (χ4v) is 2.49. The van der Waals surface area contributed by atoms with Gasteiger partial charge in [-0.15, -0.1) is 0 Å². The molecule has 0 radical (unpaired) electrons. The molecule has 0 saturated heterocycles. The summed E-state index contributed by atoms with van der Waals surface area (Å²) in [5.41, 5.74) is 0. The van der Waals surface area contributed by atoms with Crippen molar-refractivity contribution in [3.05, 3.63) is 25.3 Å². The van der Waals surface area contributed by atoms with E-state index in [0.717, 1.165) is 13.1 Å². The fraction of sp³-hybridized carbons (Fsp3) is 0.750. The van der Waals surface area contributed by atoms with Gasteiger partial charge in [0.05, 0.1) is 26.2 Å². The molecule has 0 bridgehead atoms. The Hall–Kier alpha value is -0.270. The third-order valence-corrected chi connectivity index (χ3v) is 3.50. The van der Waals surface area contributed by atoms with E-state index in [0.29, 0.717) is 0 Å². The molecule has 0 aliphatic carbocycles. The average molecular weight is 274 g/mol. The summed E-state index contributed by atoms with van der Waals surface area (Å²) in [7, 11) is 0. The van der Waals surface area contributed by atoms with Crippen molar-refractivity contribution in [2.75, 3.05) is 26.2 Å². The Balaban J connectivity index is 0. The Morgan fingerprint density at radius 3 is 1.44 bits per heavy atom. The minimum atomic E-state index is 0. The van der Waals surface area contributed by atoms with Crippen LogP contribution in [0.3, 0.4) is 0 Å². The van der Waals surface area contributed by atoms with Crippen LogP contribution in [0.15, 0.2) is 25.3 Å². The lowest BCUT2D eigenvalue weighted by Gasteiger charge is -2.37. The minimum absolute atomic E-state index is 0. The molecule has 108 valence electrons. The molecule has 0 aromatic rings. The van der Waals surface area contributed by atoms with Crippen LogP contribution in [0.25, 0.3) is 0 Å². The van der Waals surface area contributed by atoms with Crippen LogP contribution in [0.1, 0.15) is 52.4 Å². The lowest BCUT2D eigenvalue weighted by atomic mass is 10.1. The Kier molecular flexibility index (Phi) is 14.7. The van der Waals surface area contributed by atoms with Crippen LogP contribution in [0.2, 0.25) is 0 Å². The van der Waals surface area contributed by atoms with E-state index in [1.54, 1.807) is 0 Å². The summed E-state index contributed by atoms with van der Waals surface area (Å²) in [5, 5.41) is 0. The molecule has 0 heterocycles. The zero-order chi connectivity index (χ0) is 13.0. The molecule has 0 spiro atoms. The first-order chi connectivity index (χ1) is 8.24. The van der Waals surface area contributed by atoms with Crippen LogP contribution >= 0.6 is 0 Å². The molecule has 0 aliphatic heterocycles. The molecular formula is C16H32ClN. The van der Waals surface area contributed by atoms with E-state index < -0.39 is 0 Å².